The van der Waals surface area contributed by atoms with Crippen LogP contribution >= 0.6 is 15.9 Å². The van der Waals surface area contributed by atoms with Gasteiger partial charge >= 0.3 is 6.03 Å². The standard InChI is InChI=1S/C17H19BrN4O3/c1-8-3-9(2)12-17(14(23)20-16(25)21-15(17)24)5-10-4-11(18)6-19-13(10)22(12)7-8/h4,6,8-9,12H,3,5,7H2,1-2H3,(H2,20,21,23,24,25)/t8?,9-,12-/m1/s1. The summed E-state index contributed by atoms with van der Waals surface area (Å²) in [5.74, 6) is 0.351. The van der Waals surface area contributed by atoms with Gasteiger partial charge in [-0.05, 0) is 45.8 Å². The number of hydrogen-bond donors (Lipinski definition) is 2. The van der Waals surface area contributed by atoms with Crippen molar-refractivity contribution < 1.29 is 14.4 Å². The molecular weight excluding hydrogens is 388 g/mol. The van der Waals surface area contributed by atoms with Crippen LogP contribution in [0.2, 0.25) is 0 Å². The van der Waals surface area contributed by atoms with Crippen LogP contribution in [0.3, 0.4) is 0 Å². The minimum atomic E-state index is -1.32. The Morgan fingerprint density at radius 2 is 1.92 bits per heavy atom. The van der Waals surface area contributed by atoms with Gasteiger partial charge in [-0.1, -0.05) is 13.8 Å². The molecule has 3 aliphatic rings. The number of barbiturate groups is 1. The number of fused-ring (bicyclic) bond motifs is 4. The van der Waals surface area contributed by atoms with Gasteiger partial charge < -0.3 is 4.90 Å². The predicted octanol–water partition coefficient (Wildman–Crippen LogP) is 1.60. The van der Waals surface area contributed by atoms with E-state index in [1.165, 1.54) is 0 Å². The Balaban J connectivity index is 1.92. The number of hydrogen-bond acceptors (Lipinski definition) is 5. The van der Waals surface area contributed by atoms with Gasteiger partial charge in [0, 0.05) is 23.6 Å². The summed E-state index contributed by atoms with van der Waals surface area (Å²) < 4.78 is 0.797. The second kappa shape index (κ2) is 5.52. The van der Waals surface area contributed by atoms with E-state index >= 15 is 0 Å². The van der Waals surface area contributed by atoms with Gasteiger partial charge in [-0.3, -0.25) is 20.2 Å². The Morgan fingerprint density at radius 1 is 1.24 bits per heavy atom. The quantitative estimate of drug-likeness (QED) is 0.638. The molecule has 25 heavy (non-hydrogen) atoms. The summed E-state index contributed by atoms with van der Waals surface area (Å²) in [4.78, 5) is 44.1. The normalized spacial score (nSPS) is 30.4. The third-order valence-corrected chi connectivity index (χ3v) is 6.01. The van der Waals surface area contributed by atoms with Gasteiger partial charge in [-0.25, -0.2) is 9.78 Å². The lowest BCUT2D eigenvalue weighted by atomic mass is 9.63. The Labute approximate surface area is 153 Å². The molecule has 0 radical (unpaired) electrons. The number of nitrogens with zero attached hydrogens (tertiary/aromatic N) is 2. The van der Waals surface area contributed by atoms with E-state index in [1.807, 2.05) is 6.07 Å². The van der Waals surface area contributed by atoms with Crippen molar-refractivity contribution in [3.63, 3.8) is 0 Å². The lowest BCUT2D eigenvalue weighted by Crippen LogP contribution is -2.73. The lowest BCUT2D eigenvalue weighted by molar-refractivity contribution is -0.148. The molecule has 132 valence electrons. The molecule has 2 N–H and O–H groups in total. The van der Waals surface area contributed by atoms with Crippen LogP contribution in [-0.4, -0.2) is 35.4 Å². The first kappa shape index (κ1) is 16.5. The number of halogens is 1. The highest BCUT2D eigenvalue weighted by molar-refractivity contribution is 9.10. The fourth-order valence-electron chi connectivity index (χ4n) is 4.83. The summed E-state index contributed by atoms with van der Waals surface area (Å²) in [7, 11) is 0. The molecule has 4 amide bonds. The highest BCUT2D eigenvalue weighted by atomic mass is 79.9. The summed E-state index contributed by atoms with van der Waals surface area (Å²) in [6.45, 7) is 4.96. The van der Waals surface area contributed by atoms with E-state index in [0.29, 0.717) is 5.92 Å². The number of urea groups is 1. The van der Waals surface area contributed by atoms with Gasteiger partial charge in [0.2, 0.25) is 11.8 Å². The maximum absolute atomic E-state index is 12.9. The molecule has 4 rings (SSSR count). The van der Waals surface area contributed by atoms with Crippen molar-refractivity contribution in [2.45, 2.75) is 32.7 Å². The number of amides is 4. The van der Waals surface area contributed by atoms with E-state index < -0.39 is 23.3 Å². The molecule has 0 aliphatic carbocycles. The number of piperidine rings is 1. The zero-order chi connectivity index (χ0) is 17.9. The lowest BCUT2D eigenvalue weighted by Gasteiger charge is -2.55. The van der Waals surface area contributed by atoms with Gasteiger partial charge in [-0.15, -0.1) is 0 Å². The average Bonchev–Trinajstić information content (AvgIpc) is 2.51. The van der Waals surface area contributed by atoms with Gasteiger partial charge in [0.25, 0.3) is 0 Å². The van der Waals surface area contributed by atoms with E-state index in [1.54, 1.807) is 6.20 Å². The Bertz CT molecular complexity index is 776. The number of aromatic nitrogens is 1. The van der Waals surface area contributed by atoms with Gasteiger partial charge in [0.05, 0.1) is 6.04 Å². The molecule has 1 aromatic rings. The maximum atomic E-state index is 12.9. The summed E-state index contributed by atoms with van der Waals surface area (Å²) in [5.41, 5.74) is -0.477. The molecule has 1 aromatic heterocycles. The van der Waals surface area contributed by atoms with E-state index in [2.05, 4.69) is 50.3 Å². The molecule has 8 heteroatoms. The molecule has 0 bridgehead atoms. The zero-order valence-electron chi connectivity index (χ0n) is 14.0. The largest absolute Gasteiger partial charge is 0.351 e. The smallest absolute Gasteiger partial charge is 0.328 e. The molecule has 1 spiro atoms. The maximum Gasteiger partial charge on any atom is 0.328 e. The van der Waals surface area contributed by atoms with Crippen LogP contribution in [0.5, 0.6) is 0 Å². The van der Waals surface area contributed by atoms with Crippen molar-refractivity contribution >= 4 is 39.6 Å². The first-order valence-electron chi connectivity index (χ1n) is 8.41. The van der Waals surface area contributed by atoms with Crippen LogP contribution in [0.15, 0.2) is 16.7 Å². The number of carbonyl (C=O) groups is 3. The van der Waals surface area contributed by atoms with E-state index in [0.717, 1.165) is 28.8 Å². The molecule has 3 aliphatic heterocycles. The summed E-state index contributed by atoms with van der Waals surface area (Å²) in [6, 6.07) is 0.835. The molecule has 1 unspecified atom stereocenters. The van der Waals surface area contributed by atoms with Crippen LogP contribution in [0, 0.1) is 17.3 Å². The molecule has 2 fully saturated rings. The average molecular weight is 407 g/mol. The number of carbonyl (C=O) groups excluding carboxylic acids is 3. The second-order valence-electron chi connectivity index (χ2n) is 7.44. The molecule has 7 nitrogen and oxygen atoms in total. The van der Waals surface area contributed by atoms with Crippen LogP contribution in [0.4, 0.5) is 10.6 Å². The first-order valence-corrected chi connectivity index (χ1v) is 9.20. The minimum Gasteiger partial charge on any atom is -0.351 e. The minimum absolute atomic E-state index is 0.118. The molecule has 2 saturated heterocycles. The van der Waals surface area contributed by atoms with E-state index in [-0.39, 0.29) is 18.4 Å². The van der Waals surface area contributed by atoms with Gasteiger partial charge in [-0.2, -0.15) is 0 Å². The van der Waals surface area contributed by atoms with Crippen LogP contribution in [0.25, 0.3) is 0 Å². The predicted molar refractivity (Wildman–Crippen MR) is 93.8 cm³/mol. The van der Waals surface area contributed by atoms with Crippen molar-refractivity contribution in [2.75, 3.05) is 11.4 Å². The van der Waals surface area contributed by atoms with Gasteiger partial charge in [0.1, 0.15) is 5.82 Å². The fraction of sp³-hybridized carbons (Fsp3) is 0.529. The summed E-state index contributed by atoms with van der Waals surface area (Å²) in [6.07, 6.45) is 2.89. The van der Waals surface area contributed by atoms with Crippen molar-refractivity contribution in [1.82, 2.24) is 15.6 Å². The van der Waals surface area contributed by atoms with E-state index in [4.69, 9.17) is 0 Å². The van der Waals surface area contributed by atoms with Crippen molar-refractivity contribution in [1.29, 1.82) is 0 Å². The molecular formula is C17H19BrN4O3. The number of pyridine rings is 1. The van der Waals surface area contributed by atoms with Crippen LogP contribution < -0.4 is 15.5 Å². The summed E-state index contributed by atoms with van der Waals surface area (Å²) in [5, 5.41) is 4.62. The van der Waals surface area contributed by atoms with Crippen molar-refractivity contribution in [2.24, 2.45) is 17.3 Å². The highest BCUT2D eigenvalue weighted by Crippen LogP contribution is 2.48. The third-order valence-electron chi connectivity index (χ3n) is 5.58. The van der Waals surface area contributed by atoms with Crippen LogP contribution in [-0.2, 0) is 16.0 Å². The van der Waals surface area contributed by atoms with Gasteiger partial charge in [0.15, 0.2) is 5.41 Å². The molecule has 3 atom stereocenters. The first-order chi connectivity index (χ1) is 11.8. The molecule has 0 saturated carbocycles. The Kier molecular flexibility index (Phi) is 3.64. The number of anilines is 1. The number of imide groups is 2. The Hall–Kier alpha value is -1.96. The number of rotatable bonds is 0. The van der Waals surface area contributed by atoms with Crippen molar-refractivity contribution in [3.05, 3.63) is 22.3 Å². The van der Waals surface area contributed by atoms with Crippen molar-refractivity contribution in [3.8, 4) is 0 Å². The topological polar surface area (TPSA) is 91.4 Å². The highest BCUT2D eigenvalue weighted by Gasteiger charge is 2.62. The zero-order valence-corrected chi connectivity index (χ0v) is 15.6. The fourth-order valence-corrected chi connectivity index (χ4v) is 5.20. The monoisotopic (exact) mass is 406 g/mol. The SMILES string of the molecule is CC1C[C@@H](C)[C@H]2N(C1)c1ncc(Br)cc1CC21C(=O)NC(=O)NC1=O. The van der Waals surface area contributed by atoms with Crippen LogP contribution in [0.1, 0.15) is 25.8 Å². The third kappa shape index (κ3) is 2.30. The number of nitrogens with one attached hydrogen (secondary N) is 2. The Morgan fingerprint density at radius 3 is 2.60 bits per heavy atom. The molecule has 4 heterocycles. The van der Waals surface area contributed by atoms with E-state index in [9.17, 15) is 14.4 Å². The summed E-state index contributed by atoms with van der Waals surface area (Å²) >= 11 is 3.42. The molecule has 0 aromatic carbocycles. The second-order valence-corrected chi connectivity index (χ2v) is 8.35.